The van der Waals surface area contributed by atoms with Gasteiger partial charge in [0.15, 0.2) is 0 Å². The lowest BCUT2D eigenvalue weighted by atomic mass is 10.6. The largest absolute Gasteiger partial charge is 0.458 e. The van der Waals surface area contributed by atoms with Crippen molar-refractivity contribution in [2.75, 3.05) is 13.2 Å². The lowest BCUT2D eigenvalue weighted by molar-refractivity contribution is -0.136. The zero-order chi connectivity index (χ0) is 11.4. The molecule has 80 valence electrons. The van der Waals surface area contributed by atoms with Gasteiger partial charge < -0.3 is 15.2 Å². The molecule has 0 aromatic carbocycles. The molecule has 0 aliphatic heterocycles. The van der Waals surface area contributed by atoms with Crippen molar-refractivity contribution in [3.8, 4) is 0 Å². The van der Waals surface area contributed by atoms with Crippen molar-refractivity contribution in [3.63, 3.8) is 0 Å². The van der Waals surface area contributed by atoms with Gasteiger partial charge in [0.2, 0.25) is 0 Å². The van der Waals surface area contributed by atoms with Gasteiger partial charge in [-0.1, -0.05) is 19.2 Å². The van der Waals surface area contributed by atoms with Crippen LogP contribution in [0.3, 0.4) is 0 Å². The van der Waals surface area contributed by atoms with Gasteiger partial charge in [-0.15, -0.1) is 0 Å². The predicted octanol–water partition coefficient (Wildman–Crippen LogP) is 1.00. The molecule has 0 aliphatic carbocycles. The molecule has 0 heterocycles. The number of nitrogens with two attached hydrogens (primary N) is 1. The highest BCUT2D eigenvalue weighted by molar-refractivity contribution is 5.81. The molecule has 0 unspecified atom stereocenters. The summed E-state index contributed by atoms with van der Waals surface area (Å²) in [5.74, 6) is -0.412. The van der Waals surface area contributed by atoms with Crippen LogP contribution in [-0.2, 0) is 14.3 Å². The van der Waals surface area contributed by atoms with E-state index in [2.05, 4.69) is 28.4 Å². The van der Waals surface area contributed by atoms with E-state index in [4.69, 9.17) is 0 Å². The molecule has 0 atom stereocenters. The second-order valence-corrected chi connectivity index (χ2v) is 1.87. The summed E-state index contributed by atoms with van der Waals surface area (Å²) in [6.45, 7) is 8.87. The Bertz CT molecular complexity index is 201. The minimum absolute atomic E-state index is 0.255. The first-order valence-electron chi connectivity index (χ1n) is 3.90. The summed E-state index contributed by atoms with van der Waals surface area (Å²) in [6.07, 6.45) is 1.91. The molecule has 0 radical (unpaired) electrons. The highest BCUT2D eigenvalue weighted by Crippen LogP contribution is 1.77. The van der Waals surface area contributed by atoms with E-state index >= 15 is 0 Å². The normalized spacial score (nSPS) is 7.50. The third-order valence-electron chi connectivity index (χ3n) is 0.797. The Morgan fingerprint density at radius 3 is 2.14 bits per heavy atom. The first kappa shape index (κ1) is 14.7. The van der Waals surface area contributed by atoms with Crippen LogP contribution in [0.5, 0.6) is 0 Å². The summed E-state index contributed by atoms with van der Waals surface area (Å²) in [6, 6.07) is 0. The molecule has 2 N–H and O–H groups in total. The number of rotatable bonds is 4. The molecule has 1 amide bonds. The molecular weight excluding hydrogens is 186 g/mol. The van der Waals surface area contributed by atoms with Crippen LogP contribution < -0.4 is 5.73 Å². The number of primary amides is 1. The monoisotopic (exact) mass is 201 g/mol. The van der Waals surface area contributed by atoms with Crippen LogP contribution in [0, 0.1) is 0 Å². The quantitative estimate of drug-likeness (QED) is 0.418. The second kappa shape index (κ2) is 11.2. The highest BCUT2D eigenvalue weighted by Gasteiger charge is 1.87. The average molecular weight is 201 g/mol. The van der Waals surface area contributed by atoms with E-state index in [0.717, 1.165) is 6.08 Å². The molecule has 0 aromatic rings. The zero-order valence-corrected chi connectivity index (χ0v) is 8.19. The smallest absolute Gasteiger partial charge is 0.404 e. The summed E-state index contributed by atoms with van der Waals surface area (Å²) in [7, 11) is 0. The van der Waals surface area contributed by atoms with Gasteiger partial charge in [0.1, 0.15) is 6.61 Å². The third-order valence-corrected chi connectivity index (χ3v) is 0.797. The molecule has 0 saturated carbocycles. The molecular formula is C9H15NO4. The first-order valence-corrected chi connectivity index (χ1v) is 3.90. The standard InChI is InChI=1S/C6H8O2.C3H7NO2/c1-3-5-8-6(7)4-2;1-2-6-3(4)5/h3-4H,1-2,5H2;2H2,1H3,(H2,4,5). The molecule has 0 fully saturated rings. The van der Waals surface area contributed by atoms with Gasteiger partial charge in [-0.25, -0.2) is 9.59 Å². The Hall–Kier alpha value is -1.78. The maximum atomic E-state index is 10.2. The minimum Gasteiger partial charge on any atom is -0.458 e. The van der Waals surface area contributed by atoms with E-state index in [9.17, 15) is 9.59 Å². The van der Waals surface area contributed by atoms with Crippen LogP contribution in [0.1, 0.15) is 6.92 Å². The fraction of sp³-hybridized carbons (Fsp3) is 0.333. The molecule has 0 rings (SSSR count). The Balaban J connectivity index is 0. The Labute approximate surface area is 83.2 Å². The number of amides is 1. The molecule has 5 nitrogen and oxygen atoms in total. The van der Waals surface area contributed by atoms with E-state index in [-0.39, 0.29) is 6.61 Å². The molecule has 14 heavy (non-hydrogen) atoms. The fourth-order valence-corrected chi connectivity index (χ4v) is 0.342. The molecule has 0 bridgehead atoms. The molecule has 0 saturated heterocycles. The van der Waals surface area contributed by atoms with Gasteiger partial charge in [-0.2, -0.15) is 0 Å². The molecule has 0 spiro atoms. The van der Waals surface area contributed by atoms with E-state index in [1.54, 1.807) is 6.92 Å². The van der Waals surface area contributed by atoms with Gasteiger partial charge in [0.05, 0.1) is 6.61 Å². The van der Waals surface area contributed by atoms with Crippen LogP contribution in [0.15, 0.2) is 25.3 Å². The number of ether oxygens (including phenoxy) is 2. The van der Waals surface area contributed by atoms with Crippen molar-refractivity contribution in [2.24, 2.45) is 5.73 Å². The Morgan fingerprint density at radius 1 is 1.36 bits per heavy atom. The van der Waals surface area contributed by atoms with Crippen molar-refractivity contribution in [2.45, 2.75) is 6.92 Å². The van der Waals surface area contributed by atoms with E-state index in [1.165, 1.54) is 6.08 Å². The lowest BCUT2D eigenvalue weighted by Crippen LogP contribution is -2.11. The van der Waals surface area contributed by atoms with Gasteiger partial charge in [0.25, 0.3) is 0 Å². The first-order chi connectivity index (χ1) is 6.58. The topological polar surface area (TPSA) is 78.6 Å². The van der Waals surface area contributed by atoms with Crippen LogP contribution in [0.2, 0.25) is 0 Å². The number of hydrogen-bond donors (Lipinski definition) is 1. The lowest BCUT2D eigenvalue weighted by Gasteiger charge is -1.92. The number of esters is 1. The van der Waals surface area contributed by atoms with Crippen molar-refractivity contribution < 1.29 is 19.1 Å². The minimum atomic E-state index is -0.711. The van der Waals surface area contributed by atoms with Crippen LogP contribution in [0.25, 0.3) is 0 Å². The Kier molecular flexibility index (Phi) is 11.8. The molecule has 5 heteroatoms. The third kappa shape index (κ3) is 16.7. The van der Waals surface area contributed by atoms with Crippen LogP contribution in [0.4, 0.5) is 4.79 Å². The fourth-order valence-electron chi connectivity index (χ4n) is 0.342. The van der Waals surface area contributed by atoms with E-state index < -0.39 is 12.1 Å². The van der Waals surface area contributed by atoms with Crippen molar-refractivity contribution >= 4 is 12.1 Å². The number of carbonyl (C=O) groups is 2. The van der Waals surface area contributed by atoms with Gasteiger partial charge in [0, 0.05) is 6.08 Å². The summed E-state index contributed by atoms with van der Waals surface area (Å²) < 4.78 is 8.65. The maximum absolute atomic E-state index is 10.2. The maximum Gasteiger partial charge on any atom is 0.404 e. The van der Waals surface area contributed by atoms with Gasteiger partial charge in [-0.3, -0.25) is 0 Å². The van der Waals surface area contributed by atoms with Gasteiger partial charge >= 0.3 is 12.1 Å². The predicted molar refractivity (Wildman–Crippen MR) is 52.6 cm³/mol. The number of hydrogen-bond acceptors (Lipinski definition) is 4. The number of carbonyl (C=O) groups excluding carboxylic acids is 2. The van der Waals surface area contributed by atoms with Crippen molar-refractivity contribution in [1.29, 1.82) is 0 Å². The second-order valence-electron chi connectivity index (χ2n) is 1.87. The van der Waals surface area contributed by atoms with Crippen LogP contribution in [-0.4, -0.2) is 25.3 Å². The molecule has 0 aromatic heterocycles. The van der Waals surface area contributed by atoms with Crippen molar-refractivity contribution in [1.82, 2.24) is 0 Å². The highest BCUT2D eigenvalue weighted by atomic mass is 16.5. The van der Waals surface area contributed by atoms with Crippen molar-refractivity contribution in [3.05, 3.63) is 25.3 Å². The van der Waals surface area contributed by atoms with E-state index in [0.29, 0.717) is 6.61 Å². The SMILES string of the molecule is C=CCOC(=O)C=C.CCOC(N)=O. The average Bonchev–Trinajstić information content (AvgIpc) is 2.15. The van der Waals surface area contributed by atoms with Gasteiger partial charge in [-0.05, 0) is 6.92 Å². The summed E-state index contributed by atoms with van der Waals surface area (Å²) in [5.41, 5.74) is 4.54. The Morgan fingerprint density at radius 2 is 1.93 bits per heavy atom. The summed E-state index contributed by atoms with van der Waals surface area (Å²) in [5, 5.41) is 0. The summed E-state index contributed by atoms with van der Waals surface area (Å²) >= 11 is 0. The van der Waals surface area contributed by atoms with E-state index in [1.807, 2.05) is 0 Å². The van der Waals surface area contributed by atoms with Crippen LogP contribution >= 0.6 is 0 Å². The zero-order valence-electron chi connectivity index (χ0n) is 8.19. The summed E-state index contributed by atoms with van der Waals surface area (Å²) in [4.78, 5) is 19.8. The molecule has 0 aliphatic rings.